The molecule has 0 saturated carbocycles. The van der Waals surface area contributed by atoms with Gasteiger partial charge in [0.2, 0.25) is 5.82 Å². The molecule has 104 valence electrons. The summed E-state index contributed by atoms with van der Waals surface area (Å²) in [5, 5.41) is 13.3. The number of ether oxygens (including phenoxy) is 1. The second-order valence-electron chi connectivity index (χ2n) is 3.90. The normalized spacial score (nSPS) is 10.1. The van der Waals surface area contributed by atoms with Gasteiger partial charge in [-0.1, -0.05) is 13.3 Å². The number of benzene rings is 1. The van der Waals surface area contributed by atoms with Gasteiger partial charge in [0, 0.05) is 0 Å². The largest absolute Gasteiger partial charge is 0.453 e. The summed E-state index contributed by atoms with van der Waals surface area (Å²) < 4.78 is 18.0. The number of anilines is 1. The molecule has 0 spiro atoms. The van der Waals surface area contributed by atoms with E-state index in [-0.39, 0.29) is 11.3 Å². The summed E-state index contributed by atoms with van der Waals surface area (Å²) in [5.74, 6) is -0.911. The predicted molar refractivity (Wildman–Crippen MR) is 67.7 cm³/mol. The molecule has 7 heteroatoms. The van der Waals surface area contributed by atoms with E-state index in [1.807, 2.05) is 6.92 Å². The van der Waals surface area contributed by atoms with Crippen LogP contribution in [0.2, 0.25) is 0 Å². The summed E-state index contributed by atoms with van der Waals surface area (Å²) in [5.41, 5.74) is -0.215. The van der Waals surface area contributed by atoms with Crippen molar-refractivity contribution in [2.75, 3.05) is 12.4 Å². The van der Waals surface area contributed by atoms with Crippen molar-refractivity contribution < 1.29 is 18.8 Å². The third kappa shape index (κ3) is 3.64. The number of nitrogens with zero attached hydrogens (tertiary/aromatic N) is 1. The molecule has 0 atom stereocenters. The lowest BCUT2D eigenvalue weighted by Gasteiger charge is -2.11. The van der Waals surface area contributed by atoms with E-state index in [4.69, 9.17) is 0 Å². The van der Waals surface area contributed by atoms with E-state index in [1.54, 1.807) is 0 Å². The van der Waals surface area contributed by atoms with Crippen molar-refractivity contribution in [1.82, 2.24) is 0 Å². The van der Waals surface area contributed by atoms with Crippen LogP contribution >= 0.6 is 0 Å². The van der Waals surface area contributed by atoms with Gasteiger partial charge < -0.3 is 4.74 Å². The fourth-order valence-electron chi connectivity index (χ4n) is 1.69. The van der Waals surface area contributed by atoms with Gasteiger partial charge in [-0.15, -0.1) is 0 Å². The fraction of sp³-hybridized carbons (Fsp3) is 0.417. The first-order chi connectivity index (χ1) is 9.01. The molecule has 0 fully saturated rings. The molecule has 1 rings (SSSR count). The molecule has 1 amide bonds. The number of nitrogens with one attached hydrogen (secondary N) is 1. The van der Waals surface area contributed by atoms with Crippen LogP contribution in [0.4, 0.5) is 20.6 Å². The van der Waals surface area contributed by atoms with Gasteiger partial charge in [0.15, 0.2) is 0 Å². The van der Waals surface area contributed by atoms with Crippen LogP contribution < -0.4 is 5.32 Å². The van der Waals surface area contributed by atoms with Crippen molar-refractivity contribution in [3.63, 3.8) is 0 Å². The second-order valence-corrected chi connectivity index (χ2v) is 3.90. The third-order valence-corrected chi connectivity index (χ3v) is 2.62. The zero-order chi connectivity index (χ0) is 14.4. The number of rotatable bonds is 5. The van der Waals surface area contributed by atoms with Crippen molar-refractivity contribution in [3.8, 4) is 0 Å². The van der Waals surface area contributed by atoms with Crippen molar-refractivity contribution in [2.24, 2.45) is 0 Å². The summed E-state index contributed by atoms with van der Waals surface area (Å²) in [6.07, 6.45) is 1.01. The Balaban J connectivity index is 3.25. The molecule has 0 saturated heterocycles. The maximum absolute atomic E-state index is 13.5. The Morgan fingerprint density at radius 1 is 1.53 bits per heavy atom. The monoisotopic (exact) mass is 270 g/mol. The Morgan fingerprint density at radius 3 is 2.74 bits per heavy atom. The Kier molecular flexibility index (Phi) is 5.23. The molecule has 0 aliphatic rings. The van der Waals surface area contributed by atoms with Crippen molar-refractivity contribution in [2.45, 2.75) is 26.2 Å². The number of halogens is 1. The number of amides is 1. The number of carbonyl (C=O) groups is 1. The molecule has 6 nitrogen and oxygen atoms in total. The molecular formula is C12H15FN2O4. The standard InChI is InChI=1S/C12H15FN2O4/c1-3-4-5-8-10(14-12(16)19-2)7-6-9(13)11(8)15(17)18/h6-7H,3-5H2,1-2H3,(H,14,16). The molecule has 1 N–H and O–H groups in total. The first-order valence-electron chi connectivity index (χ1n) is 5.82. The zero-order valence-corrected chi connectivity index (χ0v) is 10.7. The SMILES string of the molecule is CCCCc1c(NC(=O)OC)ccc(F)c1[N+](=O)[O-]. The van der Waals surface area contributed by atoms with Crippen molar-refractivity contribution in [3.05, 3.63) is 33.6 Å². The van der Waals surface area contributed by atoms with Gasteiger partial charge in [0.25, 0.3) is 0 Å². The number of hydrogen-bond donors (Lipinski definition) is 1. The molecule has 0 radical (unpaired) electrons. The van der Waals surface area contributed by atoms with Gasteiger partial charge in [0.1, 0.15) is 0 Å². The van der Waals surface area contributed by atoms with E-state index in [1.165, 1.54) is 13.2 Å². The molecular weight excluding hydrogens is 255 g/mol. The lowest BCUT2D eigenvalue weighted by molar-refractivity contribution is -0.388. The molecule has 0 bridgehead atoms. The van der Waals surface area contributed by atoms with Gasteiger partial charge in [-0.25, -0.2) is 4.79 Å². The topological polar surface area (TPSA) is 81.5 Å². The Hall–Kier alpha value is -2.18. The van der Waals surface area contributed by atoms with Crippen LogP contribution in [-0.4, -0.2) is 18.1 Å². The van der Waals surface area contributed by atoms with E-state index in [9.17, 15) is 19.3 Å². The van der Waals surface area contributed by atoms with E-state index in [0.717, 1.165) is 12.5 Å². The predicted octanol–water partition coefficient (Wildman–Crippen LogP) is 3.25. The Morgan fingerprint density at radius 2 is 2.21 bits per heavy atom. The van der Waals surface area contributed by atoms with Gasteiger partial charge >= 0.3 is 11.8 Å². The third-order valence-electron chi connectivity index (χ3n) is 2.62. The van der Waals surface area contributed by atoms with Crippen LogP contribution in [-0.2, 0) is 11.2 Å². The number of nitro groups is 1. The quantitative estimate of drug-likeness (QED) is 0.657. The van der Waals surface area contributed by atoms with Crippen LogP contribution in [0.25, 0.3) is 0 Å². The first kappa shape index (κ1) is 14.9. The fourth-order valence-corrected chi connectivity index (χ4v) is 1.69. The molecule has 1 aromatic rings. The second kappa shape index (κ2) is 6.67. The molecule has 0 aliphatic carbocycles. The van der Waals surface area contributed by atoms with Crippen LogP contribution in [0.5, 0.6) is 0 Å². The van der Waals surface area contributed by atoms with Crippen molar-refractivity contribution >= 4 is 17.5 Å². The minimum Gasteiger partial charge on any atom is -0.453 e. The van der Waals surface area contributed by atoms with Crippen LogP contribution in [0.15, 0.2) is 12.1 Å². The van der Waals surface area contributed by atoms with E-state index in [2.05, 4.69) is 10.1 Å². The van der Waals surface area contributed by atoms with E-state index >= 15 is 0 Å². The number of methoxy groups -OCH3 is 1. The minimum absolute atomic E-state index is 0.178. The van der Waals surface area contributed by atoms with Gasteiger partial charge in [-0.05, 0) is 25.0 Å². The van der Waals surface area contributed by atoms with Crippen molar-refractivity contribution in [1.29, 1.82) is 0 Å². The number of nitro benzene ring substituents is 1. The molecule has 0 aromatic heterocycles. The van der Waals surface area contributed by atoms with Gasteiger partial charge in [-0.3, -0.25) is 15.4 Å². The average molecular weight is 270 g/mol. The molecule has 19 heavy (non-hydrogen) atoms. The first-order valence-corrected chi connectivity index (χ1v) is 5.82. The van der Waals surface area contributed by atoms with E-state index in [0.29, 0.717) is 12.8 Å². The lowest BCUT2D eigenvalue weighted by Crippen LogP contribution is -2.14. The highest BCUT2D eigenvalue weighted by molar-refractivity contribution is 5.86. The van der Waals surface area contributed by atoms with E-state index < -0.39 is 22.5 Å². The average Bonchev–Trinajstić information content (AvgIpc) is 2.37. The number of hydrogen-bond acceptors (Lipinski definition) is 4. The van der Waals surface area contributed by atoms with Gasteiger partial charge in [-0.2, -0.15) is 4.39 Å². The Bertz CT molecular complexity index is 491. The smallest absolute Gasteiger partial charge is 0.411 e. The highest BCUT2D eigenvalue weighted by Gasteiger charge is 2.23. The summed E-state index contributed by atoms with van der Waals surface area (Å²) in [6.45, 7) is 1.92. The summed E-state index contributed by atoms with van der Waals surface area (Å²) in [4.78, 5) is 21.3. The number of carbonyl (C=O) groups excluding carboxylic acids is 1. The summed E-state index contributed by atoms with van der Waals surface area (Å²) in [7, 11) is 1.18. The maximum Gasteiger partial charge on any atom is 0.411 e. The zero-order valence-electron chi connectivity index (χ0n) is 10.7. The number of unbranched alkanes of at least 4 members (excludes halogenated alkanes) is 1. The summed E-state index contributed by atoms with van der Waals surface area (Å²) in [6, 6.07) is 2.25. The van der Waals surface area contributed by atoms with Crippen LogP contribution in [0.3, 0.4) is 0 Å². The summed E-state index contributed by atoms with van der Waals surface area (Å²) >= 11 is 0. The molecule has 0 heterocycles. The lowest BCUT2D eigenvalue weighted by atomic mass is 10.0. The Labute approximate surface area is 109 Å². The molecule has 0 aliphatic heterocycles. The van der Waals surface area contributed by atoms with Gasteiger partial charge in [0.05, 0.1) is 23.3 Å². The maximum atomic E-state index is 13.5. The van der Waals surface area contributed by atoms with Crippen LogP contribution in [0.1, 0.15) is 25.3 Å². The molecule has 1 aromatic carbocycles. The highest BCUT2D eigenvalue weighted by Crippen LogP contribution is 2.31. The van der Waals surface area contributed by atoms with Crippen LogP contribution in [0, 0.1) is 15.9 Å². The molecule has 0 unspecified atom stereocenters. The highest BCUT2D eigenvalue weighted by atomic mass is 19.1. The minimum atomic E-state index is -0.911.